The molecule has 4 rings (SSSR count). The van der Waals surface area contributed by atoms with Crippen LogP contribution in [0, 0.1) is 5.92 Å². The Kier molecular flexibility index (Phi) is 3.84. The monoisotopic (exact) mass is 426 g/mol. The third-order valence-electron chi connectivity index (χ3n) is 5.31. The summed E-state index contributed by atoms with van der Waals surface area (Å²) in [6, 6.07) is 9.03. The van der Waals surface area contributed by atoms with Crippen LogP contribution < -0.4 is 4.74 Å². The highest BCUT2D eigenvalue weighted by atomic mass is 79.9. The largest absolute Gasteiger partial charge is 0.481 e. The molecule has 1 N–H and O–H groups in total. The Morgan fingerprint density at radius 1 is 1.19 bits per heavy atom. The Labute approximate surface area is 155 Å². The van der Waals surface area contributed by atoms with Gasteiger partial charge in [-0.25, -0.2) is 0 Å². The van der Waals surface area contributed by atoms with Gasteiger partial charge in [0.1, 0.15) is 11.5 Å². The number of benzene rings is 2. The molecule has 1 spiro atoms. The fraction of sp³-hybridized carbons (Fsp3) is 0.316. The lowest BCUT2D eigenvalue weighted by Gasteiger charge is -2.14. The van der Waals surface area contributed by atoms with E-state index in [1.165, 1.54) is 12.1 Å². The van der Waals surface area contributed by atoms with Crippen LogP contribution in [-0.4, -0.2) is 11.1 Å². The number of carboxylic acids is 1. The summed E-state index contributed by atoms with van der Waals surface area (Å²) in [5.74, 6) is -0.370. The first-order valence-corrected chi connectivity index (χ1v) is 8.91. The third-order valence-corrected chi connectivity index (χ3v) is 5.97. The highest BCUT2D eigenvalue weighted by Gasteiger charge is 2.61. The van der Waals surface area contributed by atoms with Crippen LogP contribution in [0.2, 0.25) is 0 Å². The normalized spacial score (nSPS) is 23.8. The molecule has 0 heterocycles. The highest BCUT2D eigenvalue weighted by molar-refractivity contribution is 9.10. The van der Waals surface area contributed by atoms with Crippen molar-refractivity contribution >= 4 is 21.9 Å². The highest BCUT2D eigenvalue weighted by Crippen LogP contribution is 2.62. The van der Waals surface area contributed by atoms with Crippen LogP contribution in [0.25, 0.3) is 0 Å². The number of halogens is 4. The van der Waals surface area contributed by atoms with Gasteiger partial charge in [-0.3, -0.25) is 4.79 Å². The number of carboxylic acid groups (broad SMARTS) is 1. The van der Waals surface area contributed by atoms with E-state index in [1.54, 1.807) is 6.07 Å². The number of alkyl halides is 3. The maximum absolute atomic E-state index is 12.8. The second kappa shape index (κ2) is 5.74. The predicted molar refractivity (Wildman–Crippen MR) is 91.4 cm³/mol. The first kappa shape index (κ1) is 17.4. The fourth-order valence-corrected chi connectivity index (χ4v) is 4.50. The smallest absolute Gasteiger partial charge is 0.417 e. The Hall–Kier alpha value is -2.02. The summed E-state index contributed by atoms with van der Waals surface area (Å²) < 4.78 is 44.1. The van der Waals surface area contributed by atoms with Crippen molar-refractivity contribution in [3.8, 4) is 11.5 Å². The van der Waals surface area contributed by atoms with Crippen molar-refractivity contribution in [2.45, 2.75) is 30.9 Å². The molecule has 0 unspecified atom stereocenters. The zero-order valence-corrected chi connectivity index (χ0v) is 15.0. The van der Waals surface area contributed by atoms with Crippen LogP contribution >= 0.6 is 15.9 Å². The molecule has 26 heavy (non-hydrogen) atoms. The van der Waals surface area contributed by atoms with Gasteiger partial charge in [-0.05, 0) is 60.7 Å². The minimum Gasteiger partial charge on any atom is -0.481 e. The number of rotatable bonds is 3. The summed E-state index contributed by atoms with van der Waals surface area (Å²) in [5.41, 5.74) is 1.05. The number of fused-ring (bicyclic) bond motifs is 2. The Morgan fingerprint density at radius 2 is 1.88 bits per heavy atom. The molecule has 0 radical (unpaired) electrons. The standard InChI is InChI=1S/C19H14BrF3O3/c20-16-8-12(3-4-13(16)19(21,22)23)26-11-2-1-10-5-6-18(14(10)7-11)9-15(18)17(24)25/h1-4,7-8,15H,5-6,9H2,(H,24,25)/t15-,18-/m0/s1. The van der Waals surface area contributed by atoms with Crippen LogP contribution in [0.4, 0.5) is 13.2 Å². The van der Waals surface area contributed by atoms with Gasteiger partial charge >= 0.3 is 12.1 Å². The second-order valence-electron chi connectivity index (χ2n) is 6.81. The van der Waals surface area contributed by atoms with Gasteiger partial charge in [0, 0.05) is 9.89 Å². The molecule has 0 amide bonds. The molecular formula is C19H14BrF3O3. The maximum atomic E-state index is 12.8. The second-order valence-corrected chi connectivity index (χ2v) is 7.67. The molecule has 3 nitrogen and oxygen atoms in total. The van der Waals surface area contributed by atoms with E-state index in [1.807, 2.05) is 12.1 Å². The van der Waals surface area contributed by atoms with Gasteiger partial charge in [-0.1, -0.05) is 22.0 Å². The topological polar surface area (TPSA) is 46.5 Å². The van der Waals surface area contributed by atoms with Gasteiger partial charge in [0.2, 0.25) is 0 Å². The van der Waals surface area contributed by atoms with Crippen molar-refractivity contribution in [1.29, 1.82) is 0 Å². The Bertz CT molecular complexity index is 909. The van der Waals surface area contributed by atoms with E-state index in [9.17, 15) is 23.1 Å². The van der Waals surface area contributed by atoms with Gasteiger partial charge in [-0.15, -0.1) is 0 Å². The number of hydrogen-bond acceptors (Lipinski definition) is 2. The van der Waals surface area contributed by atoms with Crippen molar-refractivity contribution in [3.63, 3.8) is 0 Å². The van der Waals surface area contributed by atoms with Gasteiger partial charge in [0.15, 0.2) is 0 Å². The van der Waals surface area contributed by atoms with E-state index < -0.39 is 17.7 Å². The molecule has 2 atom stereocenters. The van der Waals surface area contributed by atoms with Crippen molar-refractivity contribution in [3.05, 3.63) is 57.6 Å². The van der Waals surface area contributed by atoms with Gasteiger partial charge in [0.25, 0.3) is 0 Å². The molecule has 2 aromatic carbocycles. The van der Waals surface area contributed by atoms with Gasteiger partial charge < -0.3 is 9.84 Å². The van der Waals surface area contributed by atoms with Crippen LogP contribution in [0.1, 0.15) is 29.5 Å². The van der Waals surface area contributed by atoms with E-state index in [0.717, 1.165) is 30.0 Å². The molecule has 1 saturated carbocycles. The molecule has 2 aliphatic carbocycles. The van der Waals surface area contributed by atoms with Gasteiger partial charge in [0.05, 0.1) is 11.5 Å². The summed E-state index contributed by atoms with van der Waals surface area (Å²) in [4.78, 5) is 11.3. The lowest BCUT2D eigenvalue weighted by molar-refractivity contribution is -0.139. The van der Waals surface area contributed by atoms with Gasteiger partial charge in [-0.2, -0.15) is 13.2 Å². The molecule has 7 heteroatoms. The summed E-state index contributed by atoms with van der Waals surface area (Å²) in [7, 11) is 0. The quantitative estimate of drug-likeness (QED) is 0.699. The first-order valence-electron chi connectivity index (χ1n) is 8.11. The first-order chi connectivity index (χ1) is 12.2. The SMILES string of the molecule is O=C(O)[C@@H]1C[C@]12CCc1ccc(Oc3ccc(C(F)(F)F)c(Br)c3)cc12. The summed E-state index contributed by atoms with van der Waals surface area (Å²) in [6.07, 6.45) is -2.15. The van der Waals surface area contributed by atoms with Crippen molar-refractivity contribution in [1.82, 2.24) is 0 Å². The number of carbonyl (C=O) groups is 1. The number of aryl methyl sites for hydroxylation is 1. The van der Waals surface area contributed by atoms with E-state index in [2.05, 4.69) is 15.9 Å². The molecule has 2 aliphatic rings. The van der Waals surface area contributed by atoms with Crippen LogP contribution in [0.15, 0.2) is 40.9 Å². The van der Waals surface area contributed by atoms with E-state index in [4.69, 9.17) is 4.74 Å². The van der Waals surface area contributed by atoms with Crippen molar-refractivity contribution in [2.24, 2.45) is 5.92 Å². The average molecular weight is 427 g/mol. The van der Waals surface area contributed by atoms with E-state index in [0.29, 0.717) is 12.2 Å². The molecular weight excluding hydrogens is 413 g/mol. The third kappa shape index (κ3) is 2.78. The predicted octanol–water partition coefficient (Wildman–Crippen LogP) is 5.55. The summed E-state index contributed by atoms with van der Waals surface area (Å²) >= 11 is 2.93. The molecule has 1 fully saturated rings. The molecule has 2 aromatic rings. The summed E-state index contributed by atoms with van der Waals surface area (Å²) in [5, 5.41) is 9.30. The van der Waals surface area contributed by atoms with E-state index in [-0.39, 0.29) is 21.6 Å². The Balaban J connectivity index is 1.61. The zero-order valence-electron chi connectivity index (χ0n) is 13.4. The van der Waals surface area contributed by atoms with Crippen LogP contribution in [-0.2, 0) is 22.8 Å². The number of ether oxygens (including phenoxy) is 1. The molecule has 136 valence electrons. The number of hydrogen-bond donors (Lipinski definition) is 1. The van der Waals surface area contributed by atoms with E-state index >= 15 is 0 Å². The van der Waals surface area contributed by atoms with Crippen LogP contribution in [0.5, 0.6) is 11.5 Å². The minimum atomic E-state index is -4.44. The lowest BCUT2D eigenvalue weighted by Crippen LogP contribution is -2.11. The summed E-state index contributed by atoms with van der Waals surface area (Å²) in [6.45, 7) is 0. The lowest BCUT2D eigenvalue weighted by atomic mass is 9.95. The Morgan fingerprint density at radius 3 is 2.50 bits per heavy atom. The number of aliphatic carboxylic acids is 1. The molecule has 0 bridgehead atoms. The zero-order chi connectivity index (χ0) is 18.7. The van der Waals surface area contributed by atoms with Crippen molar-refractivity contribution in [2.75, 3.05) is 0 Å². The molecule has 0 aliphatic heterocycles. The molecule has 0 saturated heterocycles. The van der Waals surface area contributed by atoms with Crippen LogP contribution in [0.3, 0.4) is 0 Å². The molecule has 0 aromatic heterocycles. The average Bonchev–Trinajstić information content (AvgIpc) is 3.18. The maximum Gasteiger partial charge on any atom is 0.417 e. The van der Waals surface area contributed by atoms with Crippen molar-refractivity contribution < 1.29 is 27.8 Å². The fourth-order valence-electron chi connectivity index (χ4n) is 3.92. The minimum absolute atomic E-state index is 0.0896.